The molecule has 2 saturated heterocycles. The fraction of sp³-hybridized carbons (Fsp3) is 0.667. The van der Waals surface area contributed by atoms with Crippen molar-refractivity contribution >= 4 is 137 Å². The van der Waals surface area contributed by atoms with E-state index in [0.717, 1.165) is 53.1 Å². The Morgan fingerprint density at radius 3 is 1.28 bits per heavy atom. The van der Waals surface area contributed by atoms with Crippen molar-refractivity contribution in [2.75, 3.05) is 47.9 Å². The minimum Gasteiger partial charge on any atom is -0.480 e. The minimum absolute atomic E-state index is 0. The molecule has 26 heteroatoms. The van der Waals surface area contributed by atoms with Crippen molar-refractivity contribution in [2.24, 2.45) is 74.4 Å². The van der Waals surface area contributed by atoms with Crippen LogP contribution in [-0.4, -0.2) is 106 Å². The molecule has 2 heterocycles. The molecular formula is C48H65Cl7N8O9S2. The standard InChI is InChI=1S/C24H31Cl3N4O4S.C13H15Cl3N2O4S.C11H18N2O.ClH/c1-23(2)11-30(36(34,35)31(12-23)21-17(26)5-16(25)6-18(21)27)10-19(32)29-20-14-3-13-4-15(20)9-24(7-13,8-14)22(28)33;1-13(2)6-17(5-11(19)20)23(21,22)18(7-13)12-9(15)3-8(14)4-10(12)16;12-9-7-1-6-2-8(9)5-11(3-6,4-7)10(13)14;/h5-6,13-15,20H,3-4,7-12H2,1-2H3,(H2,28,33)(H,29,32);3-4H,5-7H2,1-2H3,(H,19,20);6-9H,1-5,12H2,(H2,13,14);1H. The van der Waals surface area contributed by atoms with Crippen molar-refractivity contribution in [3.05, 3.63) is 54.4 Å². The van der Waals surface area contributed by atoms with Crippen LogP contribution >= 0.6 is 82.0 Å². The maximum absolute atomic E-state index is 13.7. The maximum atomic E-state index is 13.7. The Kier molecular flexibility index (Phi) is 17.2. The summed E-state index contributed by atoms with van der Waals surface area (Å²) in [5.74, 6) is 0.845. The molecule has 12 rings (SSSR count). The number of anilines is 2. The summed E-state index contributed by atoms with van der Waals surface area (Å²) in [5, 5.41) is 13.1. The summed E-state index contributed by atoms with van der Waals surface area (Å²) in [6, 6.07) is 5.96. The molecule has 0 aromatic heterocycles. The van der Waals surface area contributed by atoms with E-state index in [9.17, 15) is 36.0 Å². The molecule has 17 nitrogen and oxygen atoms in total. The summed E-state index contributed by atoms with van der Waals surface area (Å²) < 4.78 is 57.1. The first-order valence-corrected chi connectivity index (χ1v) is 29.5. The van der Waals surface area contributed by atoms with Crippen LogP contribution in [0.4, 0.5) is 11.4 Å². The average Bonchev–Trinajstić information content (AvgIpc) is 3.23. The van der Waals surface area contributed by atoms with Crippen LogP contribution in [0, 0.1) is 57.2 Å². The summed E-state index contributed by atoms with van der Waals surface area (Å²) in [7, 11) is -8.16. The lowest BCUT2D eigenvalue weighted by atomic mass is 9.47. The molecule has 412 valence electrons. The fourth-order valence-corrected chi connectivity index (χ4v) is 20.4. The number of benzene rings is 2. The van der Waals surface area contributed by atoms with E-state index in [-0.39, 0.29) is 123 Å². The largest absolute Gasteiger partial charge is 0.480 e. The molecule has 8 saturated carbocycles. The molecule has 74 heavy (non-hydrogen) atoms. The van der Waals surface area contributed by atoms with Gasteiger partial charge in [-0.15, -0.1) is 12.4 Å². The van der Waals surface area contributed by atoms with Gasteiger partial charge in [0.1, 0.15) is 6.54 Å². The van der Waals surface area contributed by atoms with Gasteiger partial charge in [-0.25, -0.2) is 0 Å². The third-order valence-electron chi connectivity index (χ3n) is 16.6. The van der Waals surface area contributed by atoms with Crippen LogP contribution < -0.4 is 31.1 Å². The smallest absolute Gasteiger partial charge is 0.318 e. The molecule has 0 spiro atoms. The second kappa shape index (κ2) is 21.4. The Hall–Kier alpha value is -2.27. The highest BCUT2D eigenvalue weighted by Gasteiger charge is 2.59. The SMILES string of the molecule is CC1(C)CN(CC(=O)NC2C3CC4CC2CC(C(N)=O)(C4)C3)S(=O)(=O)N(c2c(Cl)cc(Cl)cc2Cl)C1.CC1(C)CN(CC(=O)O)S(=O)(=O)N(c2c(Cl)cc(Cl)cc2Cl)C1.Cl.NC(=O)C12CC3CC(C1)C(N)C(C3)C2. The number of carbonyl (C=O) groups excluding carboxylic acids is 3. The Labute approximate surface area is 469 Å². The number of hydrogen-bond donors (Lipinski definition) is 5. The zero-order valence-electron chi connectivity index (χ0n) is 41.5. The Morgan fingerprint density at radius 2 is 0.932 bits per heavy atom. The molecule has 0 radical (unpaired) electrons. The normalized spacial score (nSPS) is 33.6. The van der Waals surface area contributed by atoms with E-state index in [1.165, 1.54) is 45.7 Å². The number of primary amides is 2. The summed E-state index contributed by atoms with van der Waals surface area (Å²) in [4.78, 5) is 48.0. The van der Waals surface area contributed by atoms with Gasteiger partial charge in [0.25, 0.3) is 0 Å². The van der Waals surface area contributed by atoms with Crippen molar-refractivity contribution < 1.29 is 41.1 Å². The van der Waals surface area contributed by atoms with E-state index in [2.05, 4.69) is 5.32 Å². The predicted molar refractivity (Wildman–Crippen MR) is 291 cm³/mol. The first-order valence-electron chi connectivity index (χ1n) is 24.5. The van der Waals surface area contributed by atoms with Crippen LogP contribution in [0.1, 0.15) is 91.9 Å². The van der Waals surface area contributed by atoms with Gasteiger partial charge < -0.3 is 27.6 Å². The highest BCUT2D eigenvalue weighted by molar-refractivity contribution is 7.91. The molecule has 3 amide bonds. The minimum atomic E-state index is -4.09. The number of halogens is 7. The van der Waals surface area contributed by atoms with Crippen LogP contribution in [0.5, 0.6) is 0 Å². The van der Waals surface area contributed by atoms with Crippen LogP contribution in [0.2, 0.25) is 30.1 Å². The first-order chi connectivity index (χ1) is 33.7. The number of hydrogen-bond acceptors (Lipinski definition) is 9. The third kappa shape index (κ3) is 11.7. The Bertz CT molecular complexity index is 2730. The van der Waals surface area contributed by atoms with Crippen LogP contribution in [0.25, 0.3) is 0 Å². The monoisotopic (exact) mass is 1210 g/mol. The second-order valence-electron chi connectivity index (χ2n) is 23.6. The average molecular weight is 1210 g/mol. The molecule has 8 N–H and O–H groups in total. The van der Waals surface area contributed by atoms with E-state index in [0.29, 0.717) is 41.7 Å². The van der Waals surface area contributed by atoms with Crippen LogP contribution in [0.15, 0.2) is 24.3 Å². The Morgan fingerprint density at radius 1 is 0.595 bits per heavy atom. The number of rotatable bonds is 9. The number of carbonyl (C=O) groups is 4. The molecule has 2 aliphatic heterocycles. The number of nitrogens with two attached hydrogens (primary N) is 3. The van der Waals surface area contributed by atoms with Gasteiger partial charge in [0.05, 0.1) is 38.0 Å². The first kappa shape index (κ1) is 59.4. The predicted octanol–water partition coefficient (Wildman–Crippen LogP) is 8.01. The van der Waals surface area contributed by atoms with Gasteiger partial charge in [-0.05, 0) is 135 Å². The molecule has 4 atom stereocenters. The van der Waals surface area contributed by atoms with Crippen molar-refractivity contribution in [2.45, 2.75) is 104 Å². The number of nitrogens with zero attached hydrogens (tertiary/aromatic N) is 4. The topological polar surface area (TPSA) is 260 Å². The fourth-order valence-electron chi connectivity index (χ4n) is 14.1. The molecular weight excluding hydrogens is 1140 g/mol. The van der Waals surface area contributed by atoms with E-state index in [4.69, 9.17) is 91.9 Å². The van der Waals surface area contributed by atoms with Crippen molar-refractivity contribution in [3.8, 4) is 0 Å². The van der Waals surface area contributed by atoms with Gasteiger partial charge in [0.15, 0.2) is 0 Å². The van der Waals surface area contributed by atoms with Crippen LogP contribution in [-0.2, 0) is 39.6 Å². The van der Waals surface area contributed by atoms with Crippen molar-refractivity contribution in [1.29, 1.82) is 0 Å². The summed E-state index contributed by atoms with van der Waals surface area (Å²) >= 11 is 36.9. The highest BCUT2D eigenvalue weighted by Crippen LogP contribution is 2.61. The number of carboxylic acid groups (broad SMARTS) is 1. The molecule has 2 aromatic rings. The van der Waals surface area contributed by atoms with E-state index in [1.54, 1.807) is 0 Å². The zero-order valence-corrected chi connectivity index (χ0v) is 48.5. The van der Waals surface area contributed by atoms with Gasteiger partial charge in [-0.1, -0.05) is 97.3 Å². The molecule has 10 fully saturated rings. The number of carboxylic acids is 1. The van der Waals surface area contributed by atoms with Crippen molar-refractivity contribution in [1.82, 2.24) is 13.9 Å². The highest BCUT2D eigenvalue weighted by atomic mass is 35.5. The van der Waals surface area contributed by atoms with Crippen molar-refractivity contribution in [3.63, 3.8) is 0 Å². The van der Waals surface area contributed by atoms with E-state index >= 15 is 0 Å². The molecule has 4 unspecified atom stereocenters. The second-order valence-corrected chi connectivity index (χ2v) is 29.8. The molecule has 8 aliphatic carbocycles. The summed E-state index contributed by atoms with van der Waals surface area (Å²) in [6.07, 6.45) is 9.63. The lowest BCUT2D eigenvalue weighted by Crippen LogP contribution is -2.63. The van der Waals surface area contributed by atoms with E-state index in [1.807, 2.05) is 27.7 Å². The molecule has 2 aromatic carbocycles. The quantitative estimate of drug-likeness (QED) is 0.162. The van der Waals surface area contributed by atoms with Gasteiger partial charge >= 0.3 is 26.4 Å². The van der Waals surface area contributed by atoms with Gasteiger partial charge in [0, 0.05) is 59.1 Å². The van der Waals surface area contributed by atoms with Gasteiger partial charge in [0.2, 0.25) is 17.7 Å². The molecule has 8 bridgehead atoms. The van der Waals surface area contributed by atoms with Gasteiger partial charge in [-0.2, -0.15) is 25.4 Å². The number of amides is 3. The van der Waals surface area contributed by atoms with Crippen LogP contribution in [0.3, 0.4) is 0 Å². The number of nitrogens with one attached hydrogen (secondary N) is 1. The molecule has 10 aliphatic rings. The lowest BCUT2D eigenvalue weighted by molar-refractivity contribution is -0.147. The lowest BCUT2D eigenvalue weighted by Gasteiger charge is -2.58. The van der Waals surface area contributed by atoms with E-state index < -0.39 is 49.2 Å². The third-order valence-corrected chi connectivity index (χ3v) is 21.8. The zero-order chi connectivity index (χ0) is 53.7. The maximum Gasteiger partial charge on any atom is 0.318 e. The Balaban J connectivity index is 0.000000179. The summed E-state index contributed by atoms with van der Waals surface area (Å²) in [6.45, 7) is 7.10. The van der Waals surface area contributed by atoms with Gasteiger partial charge in [-0.3, -0.25) is 27.8 Å². The summed E-state index contributed by atoms with van der Waals surface area (Å²) in [5.41, 5.74) is 16.2. The number of aliphatic carboxylic acids is 1.